The largest absolute Gasteiger partial charge is 0.494 e. The molecule has 0 radical (unpaired) electrons. The number of benzene rings is 4. The van der Waals surface area contributed by atoms with Crippen molar-refractivity contribution in [2.75, 3.05) is 6.61 Å². The third-order valence-corrected chi connectivity index (χ3v) is 7.39. The van der Waals surface area contributed by atoms with Gasteiger partial charge in [-0.25, -0.2) is 0 Å². The topological polar surface area (TPSA) is 123 Å². The highest BCUT2D eigenvalue weighted by Crippen LogP contribution is 2.17. The Bertz CT molecular complexity index is 1530. The number of nitrogens with one attached hydrogen (secondary N) is 3. The summed E-state index contributed by atoms with van der Waals surface area (Å²) >= 11 is 6.27. The van der Waals surface area contributed by atoms with Crippen LogP contribution in [0, 0.1) is 0 Å². The molecule has 0 aliphatic carbocycles. The SMILES string of the molecule is CCOc1ccc(CC(NC(=O)c2ccccc2Cl)C(=O)NC(Cc2ccccc2)C(=O)NCc2ccc(CN)cc2)cc1. The molecule has 0 heterocycles. The fourth-order valence-electron chi connectivity index (χ4n) is 4.65. The number of carbonyl (C=O) groups is 3. The highest BCUT2D eigenvalue weighted by atomic mass is 35.5. The first-order chi connectivity index (χ1) is 21.4. The van der Waals surface area contributed by atoms with Crippen LogP contribution < -0.4 is 26.4 Å². The van der Waals surface area contributed by atoms with Crippen LogP contribution in [-0.4, -0.2) is 36.4 Å². The third kappa shape index (κ3) is 9.42. The summed E-state index contributed by atoms with van der Waals surface area (Å²) in [5.74, 6) is -0.633. The van der Waals surface area contributed by atoms with E-state index >= 15 is 0 Å². The molecule has 228 valence electrons. The molecule has 8 nitrogen and oxygen atoms in total. The van der Waals surface area contributed by atoms with Gasteiger partial charge < -0.3 is 26.4 Å². The minimum absolute atomic E-state index is 0.182. The van der Waals surface area contributed by atoms with Gasteiger partial charge in [-0.3, -0.25) is 14.4 Å². The summed E-state index contributed by atoms with van der Waals surface area (Å²) in [6, 6.07) is 29.1. The van der Waals surface area contributed by atoms with Crippen molar-refractivity contribution < 1.29 is 19.1 Å². The summed E-state index contributed by atoms with van der Waals surface area (Å²) < 4.78 is 5.54. The van der Waals surface area contributed by atoms with Crippen molar-refractivity contribution in [1.82, 2.24) is 16.0 Å². The zero-order valence-electron chi connectivity index (χ0n) is 24.6. The van der Waals surface area contributed by atoms with Crippen LogP contribution in [0.1, 0.15) is 39.5 Å². The smallest absolute Gasteiger partial charge is 0.253 e. The summed E-state index contributed by atoms with van der Waals surface area (Å²) in [5, 5.41) is 8.94. The van der Waals surface area contributed by atoms with E-state index in [0.29, 0.717) is 18.9 Å². The lowest BCUT2D eigenvalue weighted by molar-refractivity contribution is -0.130. The normalized spacial score (nSPS) is 12.1. The van der Waals surface area contributed by atoms with Crippen molar-refractivity contribution in [2.24, 2.45) is 5.73 Å². The van der Waals surface area contributed by atoms with E-state index in [1.165, 1.54) is 0 Å². The zero-order valence-corrected chi connectivity index (χ0v) is 25.3. The fourth-order valence-corrected chi connectivity index (χ4v) is 4.87. The van der Waals surface area contributed by atoms with Gasteiger partial charge in [0.25, 0.3) is 5.91 Å². The van der Waals surface area contributed by atoms with Gasteiger partial charge >= 0.3 is 0 Å². The lowest BCUT2D eigenvalue weighted by Crippen LogP contribution is -2.55. The molecular formula is C35H37ClN4O4. The molecule has 0 saturated carbocycles. The van der Waals surface area contributed by atoms with Gasteiger partial charge in [-0.05, 0) is 53.4 Å². The molecule has 0 bridgehead atoms. The molecule has 4 aromatic carbocycles. The zero-order chi connectivity index (χ0) is 31.3. The number of halogens is 1. The number of carbonyl (C=O) groups excluding carboxylic acids is 3. The maximum atomic E-state index is 13.8. The molecule has 0 aliphatic rings. The van der Waals surface area contributed by atoms with Crippen molar-refractivity contribution in [3.05, 3.63) is 136 Å². The minimum atomic E-state index is -0.994. The van der Waals surface area contributed by atoms with Crippen LogP contribution in [0.15, 0.2) is 103 Å². The molecule has 3 amide bonds. The Kier molecular flexibility index (Phi) is 11.9. The van der Waals surface area contributed by atoms with Crippen molar-refractivity contribution in [3.8, 4) is 5.75 Å². The first-order valence-electron chi connectivity index (χ1n) is 14.5. The number of amides is 3. The number of ether oxygens (including phenoxy) is 1. The molecule has 0 saturated heterocycles. The van der Waals surface area contributed by atoms with E-state index < -0.39 is 23.9 Å². The van der Waals surface area contributed by atoms with Crippen molar-refractivity contribution in [2.45, 2.75) is 44.9 Å². The molecule has 4 aromatic rings. The lowest BCUT2D eigenvalue weighted by Gasteiger charge is -2.24. The van der Waals surface area contributed by atoms with Gasteiger partial charge in [0.1, 0.15) is 17.8 Å². The molecule has 0 fully saturated rings. The van der Waals surface area contributed by atoms with Crippen LogP contribution >= 0.6 is 11.6 Å². The van der Waals surface area contributed by atoms with Crippen LogP contribution in [-0.2, 0) is 35.5 Å². The summed E-state index contributed by atoms with van der Waals surface area (Å²) in [6.07, 6.45) is 0.445. The highest BCUT2D eigenvalue weighted by Gasteiger charge is 2.28. The van der Waals surface area contributed by atoms with E-state index in [4.69, 9.17) is 22.1 Å². The molecule has 0 spiro atoms. The molecule has 2 unspecified atom stereocenters. The Morgan fingerprint density at radius 3 is 1.91 bits per heavy atom. The van der Waals surface area contributed by atoms with Gasteiger partial charge in [0.2, 0.25) is 11.8 Å². The van der Waals surface area contributed by atoms with Crippen molar-refractivity contribution in [1.29, 1.82) is 0 Å². The van der Waals surface area contributed by atoms with Gasteiger partial charge in [-0.15, -0.1) is 0 Å². The summed E-state index contributed by atoms with van der Waals surface area (Å²) in [6.45, 7) is 3.15. The van der Waals surface area contributed by atoms with Gasteiger partial charge in [-0.2, -0.15) is 0 Å². The van der Waals surface area contributed by atoms with Crippen molar-refractivity contribution >= 4 is 29.3 Å². The van der Waals surface area contributed by atoms with Crippen LogP contribution in [0.2, 0.25) is 5.02 Å². The van der Waals surface area contributed by atoms with Crippen LogP contribution in [0.4, 0.5) is 0 Å². The number of rotatable bonds is 14. The van der Waals surface area contributed by atoms with Crippen LogP contribution in [0.25, 0.3) is 0 Å². The Balaban J connectivity index is 1.54. The molecular weight excluding hydrogens is 576 g/mol. The molecule has 5 N–H and O–H groups in total. The predicted octanol–water partition coefficient (Wildman–Crippen LogP) is 4.58. The van der Waals surface area contributed by atoms with Gasteiger partial charge in [0.05, 0.1) is 17.2 Å². The van der Waals surface area contributed by atoms with Gasteiger partial charge in [0.15, 0.2) is 0 Å². The number of hydrogen-bond donors (Lipinski definition) is 4. The Labute approximate surface area is 263 Å². The predicted molar refractivity (Wildman–Crippen MR) is 172 cm³/mol. The molecule has 44 heavy (non-hydrogen) atoms. The van der Waals surface area contributed by atoms with Crippen LogP contribution in [0.5, 0.6) is 5.75 Å². The molecule has 0 aromatic heterocycles. The summed E-state index contributed by atoms with van der Waals surface area (Å²) in [4.78, 5) is 40.6. The number of hydrogen-bond acceptors (Lipinski definition) is 5. The Morgan fingerprint density at radius 2 is 1.27 bits per heavy atom. The van der Waals surface area contributed by atoms with Gasteiger partial charge in [-0.1, -0.05) is 90.5 Å². The third-order valence-electron chi connectivity index (χ3n) is 7.06. The molecule has 4 rings (SSSR count). The quantitative estimate of drug-likeness (QED) is 0.166. The van der Waals surface area contributed by atoms with E-state index in [1.807, 2.05) is 85.8 Å². The average molecular weight is 613 g/mol. The maximum Gasteiger partial charge on any atom is 0.253 e. The van der Waals surface area contributed by atoms with E-state index in [1.54, 1.807) is 24.3 Å². The average Bonchev–Trinajstić information content (AvgIpc) is 3.04. The first kappa shape index (κ1) is 32.3. The molecule has 2 atom stereocenters. The minimum Gasteiger partial charge on any atom is -0.494 e. The lowest BCUT2D eigenvalue weighted by atomic mass is 10.0. The monoisotopic (exact) mass is 612 g/mol. The fraction of sp³-hybridized carbons (Fsp3) is 0.229. The van der Waals surface area contributed by atoms with E-state index in [2.05, 4.69) is 16.0 Å². The van der Waals surface area contributed by atoms with E-state index in [-0.39, 0.29) is 35.9 Å². The second kappa shape index (κ2) is 16.3. The molecule has 0 aliphatic heterocycles. The Hall–Kier alpha value is -4.66. The van der Waals surface area contributed by atoms with Gasteiger partial charge in [0, 0.05) is 25.9 Å². The second-order valence-electron chi connectivity index (χ2n) is 10.3. The Morgan fingerprint density at radius 1 is 0.705 bits per heavy atom. The first-order valence-corrected chi connectivity index (χ1v) is 14.9. The van der Waals surface area contributed by atoms with E-state index in [9.17, 15) is 14.4 Å². The van der Waals surface area contributed by atoms with Crippen molar-refractivity contribution in [3.63, 3.8) is 0 Å². The summed E-state index contributed by atoms with van der Waals surface area (Å²) in [7, 11) is 0. The maximum absolute atomic E-state index is 13.8. The highest BCUT2D eigenvalue weighted by molar-refractivity contribution is 6.33. The van der Waals surface area contributed by atoms with Crippen LogP contribution in [0.3, 0.4) is 0 Å². The summed E-state index contributed by atoms with van der Waals surface area (Å²) in [5.41, 5.74) is 9.52. The van der Waals surface area contributed by atoms with E-state index in [0.717, 1.165) is 22.3 Å². The number of nitrogens with two attached hydrogens (primary N) is 1. The second-order valence-corrected chi connectivity index (χ2v) is 10.7. The standard InChI is InChI=1S/C35H37ClN4O4/c1-2-44-28-18-16-25(17-19-28)21-32(39-33(41)29-10-6-7-11-30(29)36)35(43)40-31(20-24-8-4-3-5-9-24)34(42)38-23-27-14-12-26(22-37)13-15-27/h3-19,31-32H,2,20-23,37H2,1H3,(H,38,42)(H,39,41)(H,40,43). The molecule has 9 heteroatoms.